The molecule has 1 N–H and O–H groups in total. The lowest BCUT2D eigenvalue weighted by Crippen LogP contribution is -2.49. The topological polar surface area (TPSA) is 53.0 Å². The van der Waals surface area contributed by atoms with Crippen molar-refractivity contribution >= 4 is 17.3 Å². The molecule has 0 heterocycles. The minimum absolute atomic E-state index is 0.0322. The van der Waals surface area contributed by atoms with Gasteiger partial charge in [-0.15, -0.1) is 0 Å². The Morgan fingerprint density at radius 2 is 1.68 bits per heavy atom. The number of carbonyl (C=O) groups excluding carboxylic acids is 1. The van der Waals surface area contributed by atoms with Crippen molar-refractivity contribution in [2.45, 2.75) is 57.4 Å². The predicted octanol–water partition coefficient (Wildman–Crippen LogP) is 6.07. The smallest absolute Gasteiger partial charge is 0.238 e. The minimum atomic E-state index is -0.808. The maximum atomic E-state index is 14.7. The summed E-state index contributed by atoms with van der Waals surface area (Å²) in [7, 11) is 5.70. The third kappa shape index (κ3) is 5.52. The van der Waals surface area contributed by atoms with E-state index in [4.69, 9.17) is 4.74 Å². The highest BCUT2D eigenvalue weighted by Gasteiger charge is 2.45. The van der Waals surface area contributed by atoms with Crippen LogP contribution in [-0.4, -0.2) is 38.8 Å². The predicted molar refractivity (Wildman–Crippen MR) is 152 cm³/mol. The first kappa shape index (κ1) is 26.7. The maximum Gasteiger partial charge on any atom is 0.238 e. The number of methoxy groups -OCH3 is 1. The van der Waals surface area contributed by atoms with Gasteiger partial charge in [0, 0.05) is 32.1 Å². The second kappa shape index (κ2) is 11.4. The molecule has 0 radical (unpaired) electrons. The van der Waals surface area contributed by atoms with E-state index in [0.717, 1.165) is 41.1 Å². The first-order chi connectivity index (χ1) is 17.8. The van der Waals surface area contributed by atoms with Crippen molar-refractivity contribution in [3.8, 4) is 5.75 Å². The quantitative estimate of drug-likeness (QED) is 0.387. The molecule has 0 unspecified atom stereocenters. The van der Waals surface area contributed by atoms with Crippen LogP contribution in [-0.2, 0) is 23.2 Å². The minimum Gasteiger partial charge on any atom is -0.497 e. The van der Waals surface area contributed by atoms with Gasteiger partial charge in [-0.05, 0) is 90.3 Å². The first-order valence-corrected chi connectivity index (χ1v) is 13.3. The molecule has 196 valence electrons. The van der Waals surface area contributed by atoms with Crippen LogP contribution in [0.4, 0.5) is 11.4 Å². The summed E-state index contributed by atoms with van der Waals surface area (Å²) in [6, 6.07) is 22.8. The largest absolute Gasteiger partial charge is 0.497 e. The van der Waals surface area contributed by atoms with Crippen molar-refractivity contribution in [3.63, 3.8) is 0 Å². The number of hydrogen-bond acceptors (Lipinski definition) is 4. The summed E-state index contributed by atoms with van der Waals surface area (Å²) < 4.78 is 5.55. The normalized spacial score (nSPS) is 16.8. The van der Waals surface area contributed by atoms with Crippen molar-refractivity contribution in [1.29, 1.82) is 0 Å². The zero-order chi connectivity index (χ0) is 26.6. The zero-order valence-electron chi connectivity index (χ0n) is 22.8. The Bertz CT molecular complexity index is 1200. The second-order valence-corrected chi connectivity index (χ2v) is 10.6. The van der Waals surface area contributed by atoms with E-state index >= 15 is 0 Å². The van der Waals surface area contributed by atoms with Crippen molar-refractivity contribution in [2.75, 3.05) is 37.6 Å². The fraction of sp³-hybridized carbons (Fsp3) is 0.406. The van der Waals surface area contributed by atoms with E-state index in [1.807, 2.05) is 31.1 Å². The van der Waals surface area contributed by atoms with Crippen LogP contribution in [0.25, 0.3) is 0 Å². The van der Waals surface area contributed by atoms with Gasteiger partial charge in [0.05, 0.1) is 19.1 Å². The molecular formula is C32H40N2O3. The first-order valence-electron chi connectivity index (χ1n) is 13.3. The van der Waals surface area contributed by atoms with E-state index in [9.17, 15) is 9.90 Å². The molecule has 0 fully saturated rings. The molecule has 3 aromatic rings. The molecule has 3 aromatic carbocycles. The fourth-order valence-corrected chi connectivity index (χ4v) is 5.50. The molecule has 0 aromatic heterocycles. The third-order valence-electron chi connectivity index (χ3n) is 7.74. The highest BCUT2D eigenvalue weighted by atomic mass is 16.5. The molecule has 1 aliphatic carbocycles. The molecule has 5 nitrogen and oxygen atoms in total. The van der Waals surface area contributed by atoms with Gasteiger partial charge in [0.15, 0.2) is 0 Å². The highest BCUT2D eigenvalue weighted by Crippen LogP contribution is 2.44. The standard InChI is InChI=1S/C32H40N2O3/c1-23(2)25-10-15-28(16-11-25)34(22-24-8-13-27(14-9-24)33(3)4)31(36)32(19-20-35)18-6-7-26-12-17-29(37-5)21-30(26)32/h8-17,21,23,35H,6-7,18-20,22H2,1-5H3/t32-/m1/s1. The summed E-state index contributed by atoms with van der Waals surface area (Å²) in [6.45, 7) is 4.75. The molecule has 4 rings (SSSR count). The van der Waals surface area contributed by atoms with E-state index in [0.29, 0.717) is 25.3 Å². The molecule has 1 amide bonds. The zero-order valence-corrected chi connectivity index (χ0v) is 22.8. The summed E-state index contributed by atoms with van der Waals surface area (Å²) in [4.78, 5) is 18.7. The van der Waals surface area contributed by atoms with Crippen LogP contribution < -0.4 is 14.5 Å². The number of hydrogen-bond donors (Lipinski definition) is 1. The summed E-state index contributed by atoms with van der Waals surface area (Å²) in [5.74, 6) is 1.18. The third-order valence-corrected chi connectivity index (χ3v) is 7.74. The number of aryl methyl sites for hydroxylation is 1. The van der Waals surface area contributed by atoms with Gasteiger partial charge < -0.3 is 19.6 Å². The van der Waals surface area contributed by atoms with Crippen molar-refractivity contribution < 1.29 is 14.6 Å². The number of rotatable bonds is 9. The summed E-state index contributed by atoms with van der Waals surface area (Å²) in [5.41, 5.74) is 5.64. The number of nitrogens with zero attached hydrogens (tertiary/aromatic N) is 2. The number of anilines is 2. The fourth-order valence-electron chi connectivity index (χ4n) is 5.50. The molecule has 0 bridgehead atoms. The van der Waals surface area contributed by atoms with Crippen LogP contribution >= 0.6 is 0 Å². The summed E-state index contributed by atoms with van der Waals surface area (Å²) in [5, 5.41) is 10.2. The van der Waals surface area contributed by atoms with Crippen LogP contribution in [0.3, 0.4) is 0 Å². The molecule has 37 heavy (non-hydrogen) atoms. The number of amides is 1. The Hall–Kier alpha value is -3.31. The van der Waals surface area contributed by atoms with E-state index in [2.05, 4.69) is 73.3 Å². The molecular weight excluding hydrogens is 460 g/mol. The van der Waals surface area contributed by atoms with E-state index < -0.39 is 5.41 Å². The lowest BCUT2D eigenvalue weighted by Gasteiger charge is -2.41. The Labute approximate surface area is 221 Å². The number of aliphatic hydroxyl groups excluding tert-OH is 1. The molecule has 1 aliphatic rings. The van der Waals surface area contributed by atoms with Gasteiger partial charge in [-0.1, -0.05) is 44.2 Å². The van der Waals surface area contributed by atoms with Gasteiger partial charge in [-0.3, -0.25) is 4.79 Å². The summed E-state index contributed by atoms with van der Waals surface area (Å²) >= 11 is 0. The summed E-state index contributed by atoms with van der Waals surface area (Å²) in [6.07, 6.45) is 2.91. The van der Waals surface area contributed by atoms with Gasteiger partial charge in [-0.25, -0.2) is 0 Å². The van der Waals surface area contributed by atoms with Gasteiger partial charge in [0.2, 0.25) is 5.91 Å². The number of benzene rings is 3. The Kier molecular flexibility index (Phi) is 8.23. The van der Waals surface area contributed by atoms with E-state index in [-0.39, 0.29) is 12.5 Å². The van der Waals surface area contributed by atoms with Crippen LogP contribution in [0.5, 0.6) is 5.75 Å². The van der Waals surface area contributed by atoms with Crippen LogP contribution in [0.2, 0.25) is 0 Å². The van der Waals surface area contributed by atoms with Gasteiger partial charge in [0.1, 0.15) is 5.75 Å². The number of aliphatic hydroxyl groups is 1. The maximum absolute atomic E-state index is 14.7. The van der Waals surface area contributed by atoms with Crippen molar-refractivity contribution in [1.82, 2.24) is 0 Å². The molecule has 0 saturated heterocycles. The van der Waals surface area contributed by atoms with E-state index in [1.54, 1.807) is 7.11 Å². The Morgan fingerprint density at radius 3 is 2.27 bits per heavy atom. The SMILES string of the molecule is COc1ccc2c(c1)[C@@](CCO)(C(=O)N(Cc1ccc(N(C)C)cc1)c1ccc(C(C)C)cc1)CCC2. The molecule has 0 aliphatic heterocycles. The van der Waals surface area contributed by atoms with Crippen LogP contribution in [0.1, 0.15) is 61.3 Å². The molecule has 0 saturated carbocycles. The van der Waals surface area contributed by atoms with E-state index in [1.165, 1.54) is 11.1 Å². The number of fused-ring (bicyclic) bond motifs is 1. The van der Waals surface area contributed by atoms with Crippen molar-refractivity contribution in [2.24, 2.45) is 0 Å². The average molecular weight is 501 g/mol. The molecule has 5 heteroatoms. The Morgan fingerprint density at radius 1 is 1.00 bits per heavy atom. The average Bonchev–Trinajstić information content (AvgIpc) is 2.91. The number of ether oxygens (including phenoxy) is 1. The number of carbonyl (C=O) groups is 1. The second-order valence-electron chi connectivity index (χ2n) is 10.6. The lowest BCUT2D eigenvalue weighted by atomic mass is 9.67. The van der Waals surface area contributed by atoms with Gasteiger partial charge in [0.25, 0.3) is 0 Å². The highest BCUT2D eigenvalue weighted by molar-refractivity contribution is 6.01. The lowest BCUT2D eigenvalue weighted by molar-refractivity contribution is -0.125. The van der Waals surface area contributed by atoms with Crippen LogP contribution in [0, 0.1) is 0 Å². The van der Waals surface area contributed by atoms with Gasteiger partial charge >= 0.3 is 0 Å². The molecule has 1 atom stereocenters. The van der Waals surface area contributed by atoms with Crippen molar-refractivity contribution in [3.05, 3.63) is 89.0 Å². The van der Waals surface area contributed by atoms with Crippen LogP contribution in [0.15, 0.2) is 66.7 Å². The Balaban J connectivity index is 1.81. The monoisotopic (exact) mass is 500 g/mol. The van der Waals surface area contributed by atoms with Gasteiger partial charge in [-0.2, -0.15) is 0 Å². The molecule has 0 spiro atoms.